The number of nitrogens with zero attached hydrogens (tertiary/aromatic N) is 3. The number of likely N-dealkylation sites (tertiary alicyclic amines) is 1. The number of aliphatic imine (C=N–C) groups is 1. The number of carbonyl (C=O) groups excluding carboxylic acids is 1. The van der Waals surface area contributed by atoms with Crippen LogP contribution >= 0.6 is 0 Å². The van der Waals surface area contributed by atoms with Gasteiger partial charge in [0.1, 0.15) is 0 Å². The Balaban J connectivity index is 1.34. The Morgan fingerprint density at radius 3 is 2.84 bits per heavy atom. The molecule has 1 saturated heterocycles. The molecule has 2 aliphatic heterocycles. The van der Waals surface area contributed by atoms with Gasteiger partial charge >= 0.3 is 0 Å². The molecule has 3 atom stereocenters. The average Bonchev–Trinajstić information content (AvgIpc) is 3.29. The zero-order chi connectivity index (χ0) is 21.9. The average molecular weight is 422 g/mol. The highest BCUT2D eigenvalue weighted by atomic mass is 16.2. The summed E-state index contributed by atoms with van der Waals surface area (Å²) in [6.45, 7) is 5.53. The molecule has 0 unspecified atom stereocenters. The summed E-state index contributed by atoms with van der Waals surface area (Å²) in [5.41, 5.74) is 8.22. The van der Waals surface area contributed by atoms with E-state index in [1.54, 1.807) is 0 Å². The second-order valence-corrected chi connectivity index (χ2v) is 9.70. The molecule has 2 bridgehead atoms. The van der Waals surface area contributed by atoms with Crippen molar-refractivity contribution in [3.8, 4) is 11.1 Å². The highest BCUT2D eigenvalue weighted by Crippen LogP contribution is 2.49. The fraction of sp³-hybridized carbons (Fsp3) is 0.321. The molecular weight excluding hydrogens is 394 g/mol. The molecule has 0 N–H and O–H groups in total. The molecule has 0 saturated carbocycles. The minimum Gasteiger partial charge on any atom is -0.335 e. The van der Waals surface area contributed by atoms with Crippen LogP contribution in [-0.2, 0) is 18.3 Å². The lowest BCUT2D eigenvalue weighted by molar-refractivity contribution is 0.0251. The van der Waals surface area contributed by atoms with Crippen molar-refractivity contribution in [3.63, 3.8) is 0 Å². The van der Waals surface area contributed by atoms with E-state index in [1.165, 1.54) is 16.7 Å². The van der Waals surface area contributed by atoms with E-state index in [-0.39, 0.29) is 17.4 Å². The van der Waals surface area contributed by atoms with Crippen molar-refractivity contribution in [2.24, 2.45) is 10.9 Å². The number of fused-ring (bicyclic) bond motifs is 5. The Bertz CT molecular complexity index is 1250. The minimum atomic E-state index is 0.0685. The minimum absolute atomic E-state index is 0.0685. The van der Waals surface area contributed by atoms with Crippen LogP contribution in [0.2, 0.25) is 0 Å². The van der Waals surface area contributed by atoms with Crippen molar-refractivity contribution in [2.45, 2.75) is 44.6 Å². The molecule has 3 aromatic rings. The van der Waals surface area contributed by atoms with Gasteiger partial charge in [-0.25, -0.2) is 0 Å². The first-order valence-corrected chi connectivity index (χ1v) is 11.5. The van der Waals surface area contributed by atoms with E-state index < -0.39 is 0 Å². The van der Waals surface area contributed by atoms with Gasteiger partial charge < -0.3 is 4.90 Å². The van der Waals surface area contributed by atoms with Crippen LogP contribution in [0.5, 0.6) is 0 Å². The number of amides is 1. The first-order valence-electron chi connectivity index (χ1n) is 11.5. The van der Waals surface area contributed by atoms with E-state index in [0.717, 1.165) is 48.2 Å². The van der Waals surface area contributed by atoms with E-state index in [2.05, 4.69) is 53.0 Å². The number of aromatic nitrogens is 1. The Morgan fingerprint density at radius 1 is 1.09 bits per heavy atom. The Morgan fingerprint density at radius 2 is 2.00 bits per heavy atom. The largest absolute Gasteiger partial charge is 0.335 e. The van der Waals surface area contributed by atoms with Crippen LogP contribution in [0.1, 0.15) is 47.3 Å². The fourth-order valence-electron chi connectivity index (χ4n) is 6.00. The van der Waals surface area contributed by atoms with Crippen molar-refractivity contribution < 1.29 is 4.79 Å². The Kier molecular flexibility index (Phi) is 4.32. The molecule has 6 rings (SSSR count). The van der Waals surface area contributed by atoms with Crippen molar-refractivity contribution in [1.82, 2.24) is 9.88 Å². The highest BCUT2D eigenvalue weighted by Gasteiger charge is 2.49. The predicted octanol–water partition coefficient (Wildman–Crippen LogP) is 5.37. The molecule has 1 aliphatic carbocycles. The molecule has 1 amide bonds. The number of benzene rings is 2. The van der Waals surface area contributed by atoms with E-state index >= 15 is 0 Å². The van der Waals surface area contributed by atoms with Crippen LogP contribution in [-0.4, -0.2) is 34.6 Å². The van der Waals surface area contributed by atoms with Crippen molar-refractivity contribution in [3.05, 3.63) is 83.2 Å². The number of piperidine rings is 1. The number of pyridine rings is 1. The molecule has 32 heavy (non-hydrogen) atoms. The van der Waals surface area contributed by atoms with E-state index in [4.69, 9.17) is 0 Å². The maximum Gasteiger partial charge on any atom is 0.254 e. The number of rotatable bonds is 2. The van der Waals surface area contributed by atoms with Gasteiger partial charge in [0.25, 0.3) is 5.91 Å². The van der Waals surface area contributed by atoms with Gasteiger partial charge in [-0.05, 0) is 76.3 Å². The first-order chi connectivity index (χ1) is 15.5. The van der Waals surface area contributed by atoms with E-state index in [1.807, 2.05) is 42.9 Å². The van der Waals surface area contributed by atoms with Crippen LogP contribution in [0.3, 0.4) is 0 Å². The van der Waals surface area contributed by atoms with Gasteiger partial charge in [-0.3, -0.25) is 14.8 Å². The molecular formula is C28H27N3O. The number of hydrogen-bond acceptors (Lipinski definition) is 3. The third-order valence-corrected chi connectivity index (χ3v) is 8.13. The molecule has 3 heterocycles. The van der Waals surface area contributed by atoms with Gasteiger partial charge in [-0.1, -0.05) is 38.1 Å². The second-order valence-electron chi connectivity index (χ2n) is 9.70. The summed E-state index contributed by atoms with van der Waals surface area (Å²) in [7, 11) is 0. The summed E-state index contributed by atoms with van der Waals surface area (Å²) >= 11 is 0. The number of carbonyl (C=O) groups is 1. The summed E-state index contributed by atoms with van der Waals surface area (Å²) in [6.07, 6.45) is 8.39. The number of hydrogen-bond donors (Lipinski definition) is 0. The van der Waals surface area contributed by atoms with Gasteiger partial charge in [-0.2, -0.15) is 0 Å². The zero-order valence-corrected chi connectivity index (χ0v) is 18.6. The quantitative estimate of drug-likeness (QED) is 0.558. The van der Waals surface area contributed by atoms with Crippen molar-refractivity contribution in [2.75, 3.05) is 6.54 Å². The molecule has 0 spiro atoms. The molecule has 1 aromatic heterocycles. The molecule has 2 aromatic carbocycles. The fourth-order valence-corrected chi connectivity index (χ4v) is 6.00. The molecule has 4 nitrogen and oxygen atoms in total. The van der Waals surface area contributed by atoms with Crippen LogP contribution in [0, 0.1) is 5.92 Å². The Labute approximate surface area is 189 Å². The van der Waals surface area contributed by atoms with Crippen molar-refractivity contribution in [1.29, 1.82) is 0 Å². The summed E-state index contributed by atoms with van der Waals surface area (Å²) in [4.78, 5) is 24.4. The normalized spacial score (nSPS) is 25.4. The maximum atomic E-state index is 13.6. The molecule has 4 heteroatoms. The standard InChI is InChI=1S/C28H27N3O/c1-18-26-16-20-6-5-19(23-4-3-11-29-17-23)15-24(20)28(18,2)10-13-31(26)27(32)22-7-8-25-21(14-22)9-12-30-25/h3-8,11-12,14-15,17-18,26H,9-10,13,16H2,1-2H3/t18-,26-,28-/m1/s1. The third-order valence-electron chi connectivity index (χ3n) is 8.13. The van der Waals surface area contributed by atoms with Crippen LogP contribution in [0.25, 0.3) is 11.1 Å². The molecule has 3 aliphatic rings. The van der Waals surface area contributed by atoms with Crippen molar-refractivity contribution >= 4 is 17.8 Å². The lowest BCUT2D eigenvalue weighted by Gasteiger charge is -2.54. The lowest BCUT2D eigenvalue weighted by Crippen LogP contribution is -2.59. The summed E-state index contributed by atoms with van der Waals surface area (Å²) in [5.74, 6) is 0.559. The van der Waals surface area contributed by atoms with Crippen LogP contribution in [0.15, 0.2) is 65.9 Å². The predicted molar refractivity (Wildman–Crippen MR) is 128 cm³/mol. The maximum absolute atomic E-state index is 13.6. The van der Waals surface area contributed by atoms with Gasteiger partial charge in [0.2, 0.25) is 0 Å². The summed E-state index contributed by atoms with van der Waals surface area (Å²) < 4.78 is 0. The smallest absolute Gasteiger partial charge is 0.254 e. The second kappa shape index (κ2) is 7.13. The SMILES string of the molecule is C[C@@H]1[C@H]2Cc3ccc(-c4cccnc4)cc3[C@]1(C)CCN2C(=O)c1ccc2c(c1)CC=N2. The summed E-state index contributed by atoms with van der Waals surface area (Å²) in [5, 5.41) is 0. The van der Waals surface area contributed by atoms with Crippen LogP contribution in [0.4, 0.5) is 5.69 Å². The topological polar surface area (TPSA) is 45.6 Å². The zero-order valence-electron chi connectivity index (χ0n) is 18.6. The lowest BCUT2D eigenvalue weighted by atomic mass is 9.58. The third kappa shape index (κ3) is 2.85. The van der Waals surface area contributed by atoms with E-state index in [9.17, 15) is 4.79 Å². The highest BCUT2D eigenvalue weighted by molar-refractivity contribution is 5.96. The van der Waals surface area contributed by atoms with Gasteiger partial charge in [0.05, 0.1) is 5.69 Å². The first kappa shape index (κ1) is 19.4. The van der Waals surface area contributed by atoms with Gasteiger partial charge in [0.15, 0.2) is 0 Å². The van der Waals surface area contributed by atoms with E-state index in [0.29, 0.717) is 5.92 Å². The molecule has 0 radical (unpaired) electrons. The molecule has 1 fully saturated rings. The van der Waals surface area contributed by atoms with Gasteiger partial charge in [0, 0.05) is 43.2 Å². The monoisotopic (exact) mass is 421 g/mol. The Hall–Kier alpha value is -3.27. The summed E-state index contributed by atoms with van der Waals surface area (Å²) in [6, 6.07) is 17.2. The van der Waals surface area contributed by atoms with Crippen LogP contribution < -0.4 is 0 Å². The molecule has 160 valence electrons. The van der Waals surface area contributed by atoms with Gasteiger partial charge in [-0.15, -0.1) is 0 Å².